The summed E-state index contributed by atoms with van der Waals surface area (Å²) in [6, 6.07) is 14.4. The van der Waals surface area contributed by atoms with Crippen LogP contribution < -0.4 is 0 Å². The highest BCUT2D eigenvalue weighted by Gasteiger charge is 2.11. The fourth-order valence-corrected chi connectivity index (χ4v) is 4.25. The molecule has 0 amide bonds. The summed E-state index contributed by atoms with van der Waals surface area (Å²) in [5.74, 6) is 0.755. The molecule has 0 radical (unpaired) electrons. The van der Waals surface area contributed by atoms with Crippen molar-refractivity contribution in [1.29, 1.82) is 0 Å². The maximum absolute atomic E-state index is 4.66. The average Bonchev–Trinajstić information content (AvgIpc) is 3.21. The number of thioether (sulfide) groups is 1. The standard InChI is InChI=1S/C17H15N5S2/c1-11-7-8-13(9-12(11)2)22-17(19-20-21-22)23-10-16-18-14-5-3-4-6-15(14)24-16/h3-9H,10H2,1-2H3. The number of hydrogen-bond donors (Lipinski definition) is 0. The van der Waals surface area contributed by atoms with E-state index in [2.05, 4.69) is 52.6 Å². The topological polar surface area (TPSA) is 56.5 Å². The lowest BCUT2D eigenvalue weighted by Gasteiger charge is -2.06. The zero-order valence-electron chi connectivity index (χ0n) is 13.3. The predicted octanol–water partition coefficient (Wildman–Crippen LogP) is 4.18. The van der Waals surface area contributed by atoms with Gasteiger partial charge in [0.15, 0.2) is 0 Å². The minimum atomic E-state index is 0.755. The number of rotatable bonds is 4. The monoisotopic (exact) mass is 353 g/mol. The minimum absolute atomic E-state index is 0.755. The van der Waals surface area contributed by atoms with Crippen molar-refractivity contribution in [3.05, 3.63) is 58.6 Å². The maximum Gasteiger partial charge on any atom is 0.214 e. The second-order valence-electron chi connectivity index (χ2n) is 5.51. The van der Waals surface area contributed by atoms with Gasteiger partial charge in [-0.25, -0.2) is 4.98 Å². The number of benzene rings is 2. The maximum atomic E-state index is 4.66. The van der Waals surface area contributed by atoms with Crippen molar-refractivity contribution in [2.75, 3.05) is 0 Å². The Morgan fingerprint density at radius 3 is 2.79 bits per heavy atom. The Labute approximate surface area is 147 Å². The predicted molar refractivity (Wildman–Crippen MR) is 97.8 cm³/mol. The van der Waals surface area contributed by atoms with Crippen LogP contribution in [0.5, 0.6) is 0 Å². The van der Waals surface area contributed by atoms with Crippen molar-refractivity contribution in [3.8, 4) is 5.69 Å². The number of tetrazole rings is 1. The Morgan fingerprint density at radius 1 is 1.08 bits per heavy atom. The van der Waals surface area contributed by atoms with E-state index in [0.717, 1.165) is 27.1 Å². The van der Waals surface area contributed by atoms with Crippen molar-refractivity contribution >= 4 is 33.3 Å². The lowest BCUT2D eigenvalue weighted by Crippen LogP contribution is -2.00. The Hall–Kier alpha value is -2.25. The number of aromatic nitrogens is 5. The van der Waals surface area contributed by atoms with Crippen LogP contribution in [0.15, 0.2) is 47.6 Å². The molecule has 120 valence electrons. The van der Waals surface area contributed by atoms with E-state index in [0.29, 0.717) is 0 Å². The lowest BCUT2D eigenvalue weighted by atomic mass is 10.1. The largest absolute Gasteiger partial charge is 0.240 e. The van der Waals surface area contributed by atoms with E-state index < -0.39 is 0 Å². The van der Waals surface area contributed by atoms with Gasteiger partial charge in [0.25, 0.3) is 0 Å². The molecule has 0 fully saturated rings. The third-order valence-corrected chi connectivity index (χ3v) is 5.99. The normalized spacial score (nSPS) is 11.2. The highest BCUT2D eigenvalue weighted by atomic mass is 32.2. The molecule has 5 nitrogen and oxygen atoms in total. The van der Waals surface area contributed by atoms with Gasteiger partial charge >= 0.3 is 0 Å². The molecule has 0 saturated carbocycles. The van der Waals surface area contributed by atoms with Crippen LogP contribution in [-0.4, -0.2) is 25.2 Å². The summed E-state index contributed by atoms with van der Waals surface area (Å²) in [5, 5.41) is 14.0. The molecule has 0 aliphatic carbocycles. The van der Waals surface area contributed by atoms with Gasteiger partial charge in [0.05, 0.1) is 21.7 Å². The van der Waals surface area contributed by atoms with E-state index in [1.54, 1.807) is 27.8 Å². The molecule has 7 heteroatoms. The fourth-order valence-electron chi connectivity index (χ4n) is 2.40. The van der Waals surface area contributed by atoms with E-state index in [4.69, 9.17) is 0 Å². The molecule has 4 aromatic rings. The number of nitrogens with zero attached hydrogens (tertiary/aromatic N) is 5. The second-order valence-corrected chi connectivity index (χ2v) is 7.56. The van der Waals surface area contributed by atoms with Gasteiger partial charge < -0.3 is 0 Å². The van der Waals surface area contributed by atoms with Gasteiger partial charge in [-0.05, 0) is 59.7 Å². The molecular weight excluding hydrogens is 338 g/mol. The highest BCUT2D eigenvalue weighted by Crippen LogP contribution is 2.28. The van der Waals surface area contributed by atoms with Gasteiger partial charge in [-0.3, -0.25) is 0 Å². The Bertz CT molecular complexity index is 972. The summed E-state index contributed by atoms with van der Waals surface area (Å²) in [6.07, 6.45) is 0. The molecule has 0 bridgehead atoms. The first-order valence-electron chi connectivity index (χ1n) is 7.54. The van der Waals surface area contributed by atoms with Gasteiger partial charge in [-0.15, -0.1) is 16.4 Å². The van der Waals surface area contributed by atoms with Crippen molar-refractivity contribution in [2.24, 2.45) is 0 Å². The van der Waals surface area contributed by atoms with Gasteiger partial charge in [0, 0.05) is 0 Å². The van der Waals surface area contributed by atoms with E-state index in [1.165, 1.54) is 15.8 Å². The summed E-state index contributed by atoms with van der Waals surface area (Å²) in [7, 11) is 0. The number of hydrogen-bond acceptors (Lipinski definition) is 6. The molecule has 0 unspecified atom stereocenters. The first kappa shape index (κ1) is 15.3. The molecule has 4 rings (SSSR count). The molecule has 0 aliphatic heterocycles. The van der Waals surface area contributed by atoms with Crippen molar-refractivity contribution in [3.63, 3.8) is 0 Å². The first-order valence-corrected chi connectivity index (χ1v) is 9.34. The zero-order chi connectivity index (χ0) is 16.5. The van der Waals surface area contributed by atoms with Gasteiger partial charge in [-0.1, -0.05) is 30.0 Å². The van der Waals surface area contributed by atoms with Crippen molar-refractivity contribution < 1.29 is 0 Å². The van der Waals surface area contributed by atoms with E-state index in [1.807, 2.05) is 24.3 Å². The van der Waals surface area contributed by atoms with Crippen LogP contribution in [0, 0.1) is 13.8 Å². The fraction of sp³-hybridized carbons (Fsp3) is 0.176. The molecule has 24 heavy (non-hydrogen) atoms. The van der Waals surface area contributed by atoms with Gasteiger partial charge in [0.2, 0.25) is 5.16 Å². The smallest absolute Gasteiger partial charge is 0.214 e. The summed E-state index contributed by atoms with van der Waals surface area (Å²) >= 11 is 3.32. The van der Waals surface area contributed by atoms with Crippen LogP contribution in [0.4, 0.5) is 0 Å². The summed E-state index contributed by atoms with van der Waals surface area (Å²) in [5.41, 5.74) is 4.52. The number of para-hydroxylation sites is 1. The summed E-state index contributed by atoms with van der Waals surface area (Å²) in [4.78, 5) is 4.66. The molecule has 0 atom stereocenters. The second kappa shape index (κ2) is 6.33. The van der Waals surface area contributed by atoms with Crippen LogP contribution in [0.2, 0.25) is 0 Å². The Balaban J connectivity index is 1.57. The molecule has 2 aromatic heterocycles. The Morgan fingerprint density at radius 2 is 1.96 bits per heavy atom. The summed E-state index contributed by atoms with van der Waals surface area (Å²) in [6.45, 7) is 4.19. The molecule has 0 aliphatic rings. The molecule has 2 heterocycles. The van der Waals surface area contributed by atoms with Crippen LogP contribution >= 0.6 is 23.1 Å². The van der Waals surface area contributed by atoms with Crippen LogP contribution in [0.1, 0.15) is 16.1 Å². The number of fused-ring (bicyclic) bond motifs is 1. The van der Waals surface area contributed by atoms with Crippen LogP contribution in [0.3, 0.4) is 0 Å². The lowest BCUT2D eigenvalue weighted by molar-refractivity contribution is 0.755. The molecule has 0 saturated heterocycles. The highest BCUT2D eigenvalue weighted by molar-refractivity contribution is 7.98. The SMILES string of the molecule is Cc1ccc(-n2nnnc2SCc2nc3ccccc3s2)cc1C. The minimum Gasteiger partial charge on any atom is -0.240 e. The van der Waals surface area contributed by atoms with E-state index in [-0.39, 0.29) is 0 Å². The number of aryl methyl sites for hydroxylation is 2. The van der Waals surface area contributed by atoms with Crippen LogP contribution in [0.25, 0.3) is 15.9 Å². The van der Waals surface area contributed by atoms with E-state index >= 15 is 0 Å². The van der Waals surface area contributed by atoms with Gasteiger partial charge in [0.1, 0.15) is 5.01 Å². The molecular formula is C17H15N5S2. The molecule has 0 spiro atoms. The van der Waals surface area contributed by atoms with Crippen LogP contribution in [-0.2, 0) is 5.75 Å². The van der Waals surface area contributed by atoms with Gasteiger partial charge in [-0.2, -0.15) is 4.68 Å². The Kier molecular flexibility index (Phi) is 4.03. The van der Waals surface area contributed by atoms with Crippen molar-refractivity contribution in [1.82, 2.24) is 25.2 Å². The third kappa shape index (κ3) is 2.92. The average molecular weight is 353 g/mol. The van der Waals surface area contributed by atoms with Crippen molar-refractivity contribution in [2.45, 2.75) is 24.8 Å². The number of thiazole rings is 1. The molecule has 0 N–H and O–H groups in total. The first-order chi connectivity index (χ1) is 11.7. The third-order valence-electron chi connectivity index (χ3n) is 3.84. The molecule has 2 aromatic carbocycles. The quantitative estimate of drug-likeness (QED) is 0.515. The zero-order valence-corrected chi connectivity index (χ0v) is 14.9. The van der Waals surface area contributed by atoms with E-state index in [9.17, 15) is 0 Å². The summed E-state index contributed by atoms with van der Waals surface area (Å²) < 4.78 is 2.99.